The second kappa shape index (κ2) is 9.52. The van der Waals surface area contributed by atoms with Crippen molar-refractivity contribution in [1.82, 2.24) is 10.2 Å². The summed E-state index contributed by atoms with van der Waals surface area (Å²) in [4.78, 5) is 26.1. The lowest BCUT2D eigenvalue weighted by molar-refractivity contribution is -0.140. The molecule has 3 rings (SSSR count). The molecule has 1 saturated heterocycles. The minimum Gasteiger partial charge on any atom is -0.387 e. The number of nitrogens with two attached hydrogens (primary N) is 1. The molecule has 0 radical (unpaired) electrons. The molecule has 28 heavy (non-hydrogen) atoms. The summed E-state index contributed by atoms with van der Waals surface area (Å²) in [7, 11) is 0. The van der Waals surface area contributed by atoms with Crippen LogP contribution in [0.15, 0.2) is 18.2 Å². The molecule has 1 saturated carbocycles. The normalized spacial score (nSPS) is 19.4. The van der Waals surface area contributed by atoms with E-state index < -0.39 is 12.6 Å². The Balaban J connectivity index is 0.000000640. The van der Waals surface area contributed by atoms with E-state index in [9.17, 15) is 9.59 Å². The van der Waals surface area contributed by atoms with Crippen LogP contribution in [0.1, 0.15) is 56.7 Å². The van der Waals surface area contributed by atoms with Crippen molar-refractivity contribution >= 4 is 11.8 Å². The number of nitrogens with zero attached hydrogens (tertiary/aromatic N) is 1. The number of benzene rings is 1. The molecule has 1 aliphatic carbocycles. The van der Waals surface area contributed by atoms with Crippen molar-refractivity contribution in [2.24, 2.45) is 17.1 Å². The van der Waals surface area contributed by atoms with Gasteiger partial charge in [-0.1, -0.05) is 44.5 Å². The monoisotopic (exact) mass is 389 g/mol. The Bertz CT molecular complexity index is 696. The first-order valence-electron chi connectivity index (χ1n) is 10.2. The Morgan fingerprint density at radius 3 is 2.46 bits per heavy atom. The lowest BCUT2D eigenvalue weighted by atomic mass is 10.0. The molecule has 1 heterocycles. The number of aliphatic hydroxyl groups excluding tert-OH is 1. The van der Waals surface area contributed by atoms with Crippen LogP contribution in [0.5, 0.6) is 0 Å². The molecule has 0 aromatic heterocycles. The molecule has 6 nitrogen and oxygen atoms in total. The van der Waals surface area contributed by atoms with Gasteiger partial charge in [-0.15, -0.1) is 0 Å². The lowest BCUT2D eigenvalue weighted by Gasteiger charge is -2.23. The van der Waals surface area contributed by atoms with Crippen molar-refractivity contribution in [2.45, 2.75) is 66.1 Å². The molecule has 6 heteroatoms. The predicted octanol–water partition coefficient (Wildman–Crippen LogP) is 2.11. The Kier molecular flexibility index (Phi) is 7.61. The quantitative estimate of drug-likeness (QED) is 0.719. The Morgan fingerprint density at radius 1 is 1.29 bits per heavy atom. The summed E-state index contributed by atoms with van der Waals surface area (Å²) in [5, 5.41) is 12.1. The van der Waals surface area contributed by atoms with Gasteiger partial charge in [0.05, 0.1) is 0 Å². The fraction of sp³-hybridized carbons (Fsp3) is 0.636. The van der Waals surface area contributed by atoms with E-state index >= 15 is 0 Å². The van der Waals surface area contributed by atoms with Crippen LogP contribution in [0.4, 0.5) is 0 Å². The van der Waals surface area contributed by atoms with E-state index in [1.54, 1.807) is 4.90 Å². The Morgan fingerprint density at radius 2 is 1.93 bits per heavy atom. The maximum atomic E-state index is 12.6. The zero-order valence-corrected chi connectivity index (χ0v) is 17.6. The summed E-state index contributed by atoms with van der Waals surface area (Å²) >= 11 is 0. The van der Waals surface area contributed by atoms with Crippen LogP contribution in [-0.4, -0.2) is 41.0 Å². The number of amides is 2. The maximum absolute atomic E-state index is 12.6. The lowest BCUT2D eigenvalue weighted by Crippen LogP contribution is -2.46. The topological polar surface area (TPSA) is 95.7 Å². The number of hydrogen-bond donors (Lipinski definition) is 3. The number of nitrogens with one attached hydrogen (secondary N) is 1. The third-order valence-electron chi connectivity index (χ3n) is 5.26. The summed E-state index contributed by atoms with van der Waals surface area (Å²) in [5.74, 6) is 0.321. The SMILES string of the molecule is CC(C)C.Cc1ccc(CN)c(CNC(=O)C2CC3(CC3)CN2C(=O)CO)c1. The molecular formula is C22H35N3O3. The summed E-state index contributed by atoms with van der Waals surface area (Å²) < 4.78 is 0. The van der Waals surface area contributed by atoms with Crippen molar-refractivity contribution in [3.63, 3.8) is 0 Å². The van der Waals surface area contributed by atoms with Gasteiger partial charge in [0.2, 0.25) is 11.8 Å². The van der Waals surface area contributed by atoms with Gasteiger partial charge in [0.15, 0.2) is 0 Å². The molecule has 1 aliphatic heterocycles. The van der Waals surface area contributed by atoms with Crippen LogP contribution >= 0.6 is 0 Å². The minimum atomic E-state index is -0.547. The van der Waals surface area contributed by atoms with Crippen LogP contribution in [-0.2, 0) is 22.7 Å². The molecule has 1 spiro atoms. The number of aliphatic hydroxyl groups is 1. The molecule has 156 valence electrons. The third kappa shape index (κ3) is 5.79. The number of aryl methyl sites for hydroxylation is 1. The summed E-state index contributed by atoms with van der Waals surface area (Å²) in [5.41, 5.74) is 9.00. The van der Waals surface area contributed by atoms with Crippen LogP contribution in [0.3, 0.4) is 0 Å². The highest BCUT2D eigenvalue weighted by Gasteiger charge is 2.54. The molecule has 1 aromatic rings. The number of likely N-dealkylation sites (tertiary alicyclic amines) is 1. The molecule has 1 aromatic carbocycles. The van der Waals surface area contributed by atoms with Crippen molar-refractivity contribution in [2.75, 3.05) is 13.2 Å². The van der Waals surface area contributed by atoms with Gasteiger partial charge in [0.1, 0.15) is 12.6 Å². The molecule has 0 bridgehead atoms. The highest BCUT2D eigenvalue weighted by molar-refractivity contribution is 5.89. The van der Waals surface area contributed by atoms with E-state index in [1.807, 2.05) is 25.1 Å². The molecule has 1 unspecified atom stereocenters. The van der Waals surface area contributed by atoms with Gasteiger partial charge in [0.25, 0.3) is 0 Å². The van der Waals surface area contributed by atoms with Crippen LogP contribution in [0.25, 0.3) is 0 Å². The van der Waals surface area contributed by atoms with E-state index in [-0.39, 0.29) is 17.2 Å². The maximum Gasteiger partial charge on any atom is 0.248 e. The highest BCUT2D eigenvalue weighted by atomic mass is 16.3. The average Bonchev–Trinajstić information content (AvgIpc) is 3.29. The van der Waals surface area contributed by atoms with E-state index in [4.69, 9.17) is 10.8 Å². The van der Waals surface area contributed by atoms with Gasteiger partial charge in [-0.05, 0) is 48.6 Å². The van der Waals surface area contributed by atoms with Crippen LogP contribution in [0, 0.1) is 18.3 Å². The zero-order chi connectivity index (χ0) is 20.9. The second-order valence-electron chi connectivity index (χ2n) is 8.83. The first-order valence-corrected chi connectivity index (χ1v) is 10.2. The van der Waals surface area contributed by atoms with Crippen molar-refractivity contribution in [3.05, 3.63) is 34.9 Å². The summed E-state index contributed by atoms with van der Waals surface area (Å²) in [6, 6.07) is 5.53. The van der Waals surface area contributed by atoms with E-state index in [1.165, 1.54) is 0 Å². The summed E-state index contributed by atoms with van der Waals surface area (Å²) in [6.45, 7) is 9.37. The molecular weight excluding hydrogens is 354 g/mol. The first-order chi connectivity index (χ1) is 13.2. The third-order valence-corrected chi connectivity index (χ3v) is 5.26. The number of hydrogen-bond acceptors (Lipinski definition) is 4. The van der Waals surface area contributed by atoms with E-state index in [0.717, 1.165) is 35.4 Å². The number of carbonyl (C=O) groups is 2. The molecule has 2 amide bonds. The standard InChI is InChI=1S/C18H25N3O3.C4H10/c1-12-2-3-13(8-19)14(6-12)9-20-17(24)15-7-18(4-5-18)11-21(15)16(23)10-22;1-4(2)3/h2-3,6,15,22H,4-5,7-11,19H2,1H3,(H,20,24);4H,1-3H3. The largest absolute Gasteiger partial charge is 0.387 e. The molecule has 2 fully saturated rings. The van der Waals surface area contributed by atoms with Crippen molar-refractivity contribution in [3.8, 4) is 0 Å². The molecule has 1 atom stereocenters. The first kappa shape index (κ1) is 22.4. The van der Waals surface area contributed by atoms with Gasteiger partial charge < -0.3 is 21.1 Å². The van der Waals surface area contributed by atoms with Gasteiger partial charge in [-0.3, -0.25) is 9.59 Å². The Hall–Kier alpha value is -1.92. The molecule has 4 N–H and O–H groups in total. The van der Waals surface area contributed by atoms with Gasteiger partial charge in [-0.25, -0.2) is 0 Å². The predicted molar refractivity (Wildman–Crippen MR) is 110 cm³/mol. The Labute approximate surface area is 168 Å². The fourth-order valence-electron chi connectivity index (χ4n) is 3.60. The highest BCUT2D eigenvalue weighted by Crippen LogP contribution is 2.54. The zero-order valence-electron chi connectivity index (χ0n) is 17.6. The fourth-order valence-corrected chi connectivity index (χ4v) is 3.60. The van der Waals surface area contributed by atoms with Crippen LogP contribution < -0.4 is 11.1 Å². The average molecular weight is 390 g/mol. The minimum absolute atomic E-state index is 0.110. The van der Waals surface area contributed by atoms with Gasteiger partial charge in [-0.2, -0.15) is 0 Å². The van der Waals surface area contributed by atoms with Crippen molar-refractivity contribution < 1.29 is 14.7 Å². The number of rotatable bonds is 5. The van der Waals surface area contributed by atoms with E-state index in [0.29, 0.717) is 26.1 Å². The number of carbonyl (C=O) groups excluding carboxylic acids is 2. The molecule has 2 aliphatic rings. The van der Waals surface area contributed by atoms with Gasteiger partial charge >= 0.3 is 0 Å². The van der Waals surface area contributed by atoms with Crippen LogP contribution in [0.2, 0.25) is 0 Å². The smallest absolute Gasteiger partial charge is 0.248 e. The second-order valence-corrected chi connectivity index (χ2v) is 8.83. The van der Waals surface area contributed by atoms with E-state index in [2.05, 4.69) is 26.1 Å². The van der Waals surface area contributed by atoms with Crippen molar-refractivity contribution in [1.29, 1.82) is 0 Å². The van der Waals surface area contributed by atoms with Gasteiger partial charge in [0, 0.05) is 19.6 Å². The summed E-state index contributed by atoms with van der Waals surface area (Å²) in [6.07, 6.45) is 2.81.